The van der Waals surface area contributed by atoms with E-state index in [1.54, 1.807) is 0 Å². The molecule has 0 spiro atoms. The fraction of sp³-hybridized carbons (Fsp3) is 0.765. The molecule has 1 aromatic rings. The topological polar surface area (TPSA) is 12.0 Å². The lowest BCUT2D eigenvalue weighted by molar-refractivity contribution is 0.418. The molecular formula is C17H31NS. The second-order valence-corrected chi connectivity index (χ2v) is 6.60. The largest absolute Gasteiger partial charge is 0.309 e. The Balaban J connectivity index is 2.32. The Bertz CT molecular complexity index is 309. The summed E-state index contributed by atoms with van der Waals surface area (Å²) in [7, 11) is 0. The van der Waals surface area contributed by atoms with E-state index < -0.39 is 0 Å². The molecule has 0 saturated carbocycles. The van der Waals surface area contributed by atoms with Crippen LogP contribution >= 0.6 is 11.3 Å². The third-order valence-electron chi connectivity index (χ3n) is 3.83. The molecule has 19 heavy (non-hydrogen) atoms. The third-order valence-corrected chi connectivity index (χ3v) is 4.85. The fourth-order valence-corrected chi connectivity index (χ4v) is 3.31. The van der Waals surface area contributed by atoms with E-state index in [-0.39, 0.29) is 0 Å². The highest BCUT2D eigenvalue weighted by atomic mass is 32.1. The van der Waals surface area contributed by atoms with Crippen LogP contribution in [0.4, 0.5) is 0 Å². The quantitative estimate of drug-likeness (QED) is 0.515. The van der Waals surface area contributed by atoms with Crippen molar-refractivity contribution in [3.8, 4) is 0 Å². The van der Waals surface area contributed by atoms with Crippen molar-refractivity contribution in [2.45, 2.75) is 84.7 Å². The van der Waals surface area contributed by atoms with Crippen LogP contribution in [-0.4, -0.2) is 6.04 Å². The number of nitrogens with one attached hydrogen (secondary N) is 1. The highest BCUT2D eigenvalue weighted by molar-refractivity contribution is 7.10. The van der Waals surface area contributed by atoms with Gasteiger partial charge in [-0.05, 0) is 36.8 Å². The molecule has 0 fully saturated rings. The Hall–Kier alpha value is -0.340. The van der Waals surface area contributed by atoms with E-state index in [9.17, 15) is 0 Å². The summed E-state index contributed by atoms with van der Waals surface area (Å²) in [5.41, 5.74) is 1.44. The fourth-order valence-electron chi connectivity index (χ4n) is 2.45. The van der Waals surface area contributed by atoms with E-state index in [1.807, 2.05) is 11.3 Å². The van der Waals surface area contributed by atoms with Crippen LogP contribution < -0.4 is 5.32 Å². The molecule has 1 aromatic heterocycles. The number of thiophene rings is 1. The molecule has 0 unspecified atom stereocenters. The average molecular weight is 282 g/mol. The zero-order valence-electron chi connectivity index (χ0n) is 13.0. The maximum absolute atomic E-state index is 3.79. The minimum absolute atomic E-state index is 0.722. The highest BCUT2D eigenvalue weighted by Gasteiger charge is 2.09. The molecule has 0 radical (unpaired) electrons. The van der Waals surface area contributed by atoms with Gasteiger partial charge in [0.1, 0.15) is 0 Å². The Morgan fingerprint density at radius 1 is 1.05 bits per heavy atom. The Morgan fingerprint density at radius 2 is 1.68 bits per heavy atom. The van der Waals surface area contributed by atoms with E-state index in [4.69, 9.17) is 0 Å². The normalized spacial score (nSPS) is 11.4. The van der Waals surface area contributed by atoms with Gasteiger partial charge in [0.2, 0.25) is 0 Å². The molecule has 2 heteroatoms. The van der Waals surface area contributed by atoms with Crippen LogP contribution in [0.5, 0.6) is 0 Å². The Morgan fingerprint density at radius 3 is 2.16 bits per heavy atom. The number of unbranched alkanes of at least 4 members (excludes halogenated alkanes) is 4. The van der Waals surface area contributed by atoms with Gasteiger partial charge in [-0.25, -0.2) is 0 Å². The van der Waals surface area contributed by atoms with E-state index in [0.717, 1.165) is 12.6 Å². The summed E-state index contributed by atoms with van der Waals surface area (Å²) in [6.07, 6.45) is 10.9. The average Bonchev–Trinajstić information content (AvgIpc) is 2.81. The molecule has 1 N–H and O–H groups in total. The van der Waals surface area contributed by atoms with Gasteiger partial charge in [0.05, 0.1) is 0 Å². The van der Waals surface area contributed by atoms with Crippen molar-refractivity contribution >= 4 is 11.3 Å². The van der Waals surface area contributed by atoms with Gasteiger partial charge in [-0.15, -0.1) is 11.3 Å². The van der Waals surface area contributed by atoms with Gasteiger partial charge in [0.15, 0.2) is 0 Å². The minimum Gasteiger partial charge on any atom is -0.309 e. The summed E-state index contributed by atoms with van der Waals surface area (Å²) in [4.78, 5) is 1.51. The van der Waals surface area contributed by atoms with Gasteiger partial charge in [0.25, 0.3) is 0 Å². The molecule has 0 atom stereocenters. The van der Waals surface area contributed by atoms with Gasteiger partial charge in [-0.2, -0.15) is 0 Å². The molecule has 0 aliphatic rings. The summed E-state index contributed by atoms with van der Waals surface area (Å²) in [5.74, 6) is 0. The summed E-state index contributed by atoms with van der Waals surface area (Å²) < 4.78 is 0. The van der Waals surface area contributed by atoms with E-state index >= 15 is 0 Å². The molecule has 0 saturated heterocycles. The maximum atomic E-state index is 3.79. The maximum Gasteiger partial charge on any atom is 0.0304 e. The Labute approximate surface area is 123 Å². The molecule has 0 aliphatic heterocycles. The van der Waals surface area contributed by atoms with Crippen molar-refractivity contribution in [1.82, 2.24) is 5.32 Å². The van der Waals surface area contributed by atoms with Crippen LogP contribution in [0.15, 0.2) is 11.4 Å². The molecule has 1 rings (SSSR count). The van der Waals surface area contributed by atoms with Crippen LogP contribution in [0.3, 0.4) is 0 Å². The first kappa shape index (κ1) is 16.7. The van der Waals surface area contributed by atoms with Gasteiger partial charge >= 0.3 is 0 Å². The van der Waals surface area contributed by atoms with E-state index in [1.165, 1.54) is 61.8 Å². The molecule has 0 bridgehead atoms. The standard InChI is InChI=1S/C17H31NS/c1-4-6-8-10-16(11-9-7-5-2)18-14-17-15(3)12-13-19-17/h12-13,16,18H,4-11,14H2,1-3H3. The van der Waals surface area contributed by atoms with Crippen molar-refractivity contribution in [2.75, 3.05) is 0 Å². The molecule has 0 aromatic carbocycles. The SMILES string of the molecule is CCCCCC(CCCCC)NCc1sccc1C. The first-order chi connectivity index (χ1) is 9.27. The van der Waals surface area contributed by atoms with E-state index in [2.05, 4.69) is 37.5 Å². The van der Waals surface area contributed by atoms with Crippen molar-refractivity contribution in [2.24, 2.45) is 0 Å². The molecule has 0 aliphatic carbocycles. The summed E-state index contributed by atoms with van der Waals surface area (Å²) in [6, 6.07) is 2.95. The van der Waals surface area contributed by atoms with E-state index in [0.29, 0.717) is 0 Å². The highest BCUT2D eigenvalue weighted by Crippen LogP contribution is 2.17. The predicted molar refractivity (Wildman–Crippen MR) is 88.0 cm³/mol. The van der Waals surface area contributed by atoms with Gasteiger partial charge in [-0.1, -0.05) is 52.4 Å². The Kier molecular flexibility index (Phi) is 9.19. The smallest absolute Gasteiger partial charge is 0.0304 e. The predicted octanol–water partition coefficient (Wildman–Crippen LogP) is 5.68. The van der Waals surface area contributed by atoms with Crippen LogP contribution in [0.25, 0.3) is 0 Å². The first-order valence-corrected chi connectivity index (χ1v) is 8.92. The molecule has 110 valence electrons. The first-order valence-electron chi connectivity index (χ1n) is 8.04. The summed E-state index contributed by atoms with van der Waals surface area (Å²) >= 11 is 1.89. The second kappa shape index (κ2) is 10.4. The zero-order chi connectivity index (χ0) is 13.9. The molecular weight excluding hydrogens is 250 g/mol. The van der Waals surface area contributed by atoms with Gasteiger partial charge < -0.3 is 5.32 Å². The lowest BCUT2D eigenvalue weighted by Gasteiger charge is -2.18. The third kappa shape index (κ3) is 7.12. The zero-order valence-corrected chi connectivity index (χ0v) is 13.8. The van der Waals surface area contributed by atoms with Crippen LogP contribution in [0, 0.1) is 6.92 Å². The lowest BCUT2D eigenvalue weighted by atomic mass is 10.0. The van der Waals surface area contributed by atoms with Crippen molar-refractivity contribution < 1.29 is 0 Å². The minimum atomic E-state index is 0.722. The number of hydrogen-bond acceptors (Lipinski definition) is 2. The number of rotatable bonds is 11. The van der Waals surface area contributed by atoms with Crippen molar-refractivity contribution in [3.05, 3.63) is 21.9 Å². The lowest BCUT2D eigenvalue weighted by Crippen LogP contribution is -2.28. The van der Waals surface area contributed by atoms with Crippen molar-refractivity contribution in [3.63, 3.8) is 0 Å². The monoisotopic (exact) mass is 281 g/mol. The van der Waals surface area contributed by atoms with Crippen LogP contribution in [-0.2, 0) is 6.54 Å². The van der Waals surface area contributed by atoms with Crippen LogP contribution in [0.1, 0.15) is 75.7 Å². The molecule has 0 amide bonds. The molecule has 1 nitrogen and oxygen atoms in total. The summed E-state index contributed by atoms with van der Waals surface area (Å²) in [5, 5.41) is 6.00. The molecule has 1 heterocycles. The van der Waals surface area contributed by atoms with Gasteiger partial charge in [0, 0.05) is 17.5 Å². The number of aryl methyl sites for hydroxylation is 1. The van der Waals surface area contributed by atoms with Gasteiger partial charge in [-0.3, -0.25) is 0 Å². The van der Waals surface area contributed by atoms with Crippen LogP contribution in [0.2, 0.25) is 0 Å². The number of hydrogen-bond donors (Lipinski definition) is 1. The van der Waals surface area contributed by atoms with Crippen molar-refractivity contribution in [1.29, 1.82) is 0 Å². The summed E-state index contributed by atoms with van der Waals surface area (Å²) in [6.45, 7) is 7.85. The second-order valence-electron chi connectivity index (χ2n) is 5.60.